The van der Waals surface area contributed by atoms with E-state index < -0.39 is 27.3 Å². The highest BCUT2D eigenvalue weighted by Gasteiger charge is 2.34. The van der Waals surface area contributed by atoms with Crippen LogP contribution in [0.2, 0.25) is 0 Å². The van der Waals surface area contributed by atoms with E-state index in [0.29, 0.717) is 5.69 Å². The molecule has 3 rings (SSSR count). The second-order valence-electron chi connectivity index (χ2n) is 6.48. The quantitative estimate of drug-likeness (QED) is 0.755. The average molecular weight is 421 g/mol. The van der Waals surface area contributed by atoms with E-state index in [2.05, 4.69) is 0 Å². The summed E-state index contributed by atoms with van der Waals surface area (Å²) < 4.78 is 65.8. The van der Waals surface area contributed by atoms with Crippen molar-refractivity contribution in [1.29, 1.82) is 5.26 Å². The number of rotatable bonds is 4. The molecule has 1 aliphatic rings. The fraction of sp³-hybridized carbons (Fsp3) is 0.250. The van der Waals surface area contributed by atoms with E-state index in [1.807, 2.05) is 6.07 Å². The van der Waals surface area contributed by atoms with Crippen LogP contribution >= 0.6 is 0 Å². The lowest BCUT2D eigenvalue weighted by Gasteiger charge is -2.35. The highest BCUT2D eigenvalue weighted by molar-refractivity contribution is 7.92. The number of halogens is 3. The van der Waals surface area contributed by atoms with Crippen molar-refractivity contribution < 1.29 is 21.6 Å². The summed E-state index contributed by atoms with van der Waals surface area (Å²) in [6, 6.07) is 14.1. The highest BCUT2D eigenvalue weighted by Crippen LogP contribution is 2.34. The third-order valence-corrected chi connectivity index (χ3v) is 6.19. The number of alkyl halides is 3. The molecule has 0 bridgehead atoms. The summed E-state index contributed by atoms with van der Waals surface area (Å²) >= 11 is 0. The zero-order chi connectivity index (χ0) is 21.1. The van der Waals surface area contributed by atoms with Crippen LogP contribution in [0, 0.1) is 11.3 Å². The van der Waals surface area contributed by atoms with Gasteiger partial charge in [0.25, 0.3) is 0 Å². The Kier molecular flexibility index (Phi) is 5.96. The third kappa shape index (κ3) is 4.96. The maximum Gasteiger partial charge on any atom is 0.417 e. The average Bonchev–Trinajstić information content (AvgIpc) is 2.72. The van der Waals surface area contributed by atoms with Gasteiger partial charge in [0, 0.05) is 37.3 Å². The van der Waals surface area contributed by atoms with Crippen LogP contribution in [0.1, 0.15) is 16.7 Å². The number of anilines is 1. The molecule has 9 heteroatoms. The fourth-order valence-electron chi connectivity index (χ4n) is 3.08. The van der Waals surface area contributed by atoms with Crippen molar-refractivity contribution in [2.45, 2.75) is 6.18 Å². The number of hydrogen-bond acceptors (Lipinski definition) is 4. The molecule has 0 aromatic heterocycles. The summed E-state index contributed by atoms with van der Waals surface area (Å²) in [5.74, 6) is 0. The first-order valence-electron chi connectivity index (χ1n) is 8.80. The van der Waals surface area contributed by atoms with Crippen molar-refractivity contribution in [3.05, 3.63) is 70.6 Å². The van der Waals surface area contributed by atoms with Crippen LogP contribution in [-0.4, -0.2) is 38.9 Å². The van der Waals surface area contributed by atoms with E-state index >= 15 is 0 Å². The maximum atomic E-state index is 13.2. The second kappa shape index (κ2) is 8.27. The van der Waals surface area contributed by atoms with Crippen LogP contribution in [0.15, 0.2) is 53.9 Å². The molecule has 0 aliphatic carbocycles. The van der Waals surface area contributed by atoms with Gasteiger partial charge in [-0.2, -0.15) is 22.7 Å². The molecule has 0 saturated carbocycles. The highest BCUT2D eigenvalue weighted by atomic mass is 32.2. The molecule has 152 valence electrons. The molecular weight excluding hydrogens is 403 g/mol. The molecule has 1 fully saturated rings. The van der Waals surface area contributed by atoms with Crippen LogP contribution in [0.3, 0.4) is 0 Å². The lowest BCUT2D eigenvalue weighted by atomic mass is 10.1. The number of hydrogen-bond donors (Lipinski definition) is 0. The lowest BCUT2D eigenvalue weighted by Crippen LogP contribution is -2.48. The molecule has 0 atom stereocenters. The molecule has 1 saturated heterocycles. The Morgan fingerprint density at radius 2 is 1.66 bits per heavy atom. The Hall–Kier alpha value is -2.83. The largest absolute Gasteiger partial charge is 0.417 e. The van der Waals surface area contributed by atoms with Gasteiger partial charge in [-0.05, 0) is 29.8 Å². The van der Waals surface area contributed by atoms with Crippen molar-refractivity contribution in [1.82, 2.24) is 4.31 Å². The van der Waals surface area contributed by atoms with Crippen molar-refractivity contribution in [2.75, 3.05) is 31.1 Å². The van der Waals surface area contributed by atoms with Crippen LogP contribution in [-0.2, 0) is 16.2 Å². The predicted molar refractivity (Wildman–Crippen MR) is 104 cm³/mol. The van der Waals surface area contributed by atoms with Crippen molar-refractivity contribution in [2.24, 2.45) is 0 Å². The number of benzene rings is 2. The van der Waals surface area contributed by atoms with Gasteiger partial charge in [-0.15, -0.1) is 0 Å². The van der Waals surface area contributed by atoms with Crippen molar-refractivity contribution in [3.63, 3.8) is 0 Å². The van der Waals surface area contributed by atoms with Gasteiger partial charge in [-0.1, -0.05) is 30.3 Å². The molecule has 5 nitrogen and oxygen atoms in total. The van der Waals surface area contributed by atoms with E-state index in [9.17, 15) is 21.6 Å². The minimum atomic E-state index is -4.63. The Morgan fingerprint density at radius 1 is 1.00 bits per heavy atom. The molecule has 0 N–H and O–H groups in total. The molecular formula is C20H18F3N3O2S. The van der Waals surface area contributed by atoms with Crippen LogP contribution in [0.5, 0.6) is 0 Å². The third-order valence-electron chi connectivity index (χ3n) is 4.62. The summed E-state index contributed by atoms with van der Waals surface area (Å²) in [6.07, 6.45) is -3.12. The summed E-state index contributed by atoms with van der Waals surface area (Å²) in [4.78, 5) is 1.68. The number of nitrogens with zero attached hydrogens (tertiary/aromatic N) is 3. The van der Waals surface area contributed by atoms with E-state index in [-0.39, 0.29) is 26.2 Å². The first kappa shape index (κ1) is 20.9. The summed E-state index contributed by atoms with van der Waals surface area (Å²) in [6.45, 7) is 0.814. The molecule has 0 unspecified atom stereocenters. The van der Waals surface area contributed by atoms with Gasteiger partial charge < -0.3 is 4.90 Å². The summed E-state index contributed by atoms with van der Waals surface area (Å²) in [7, 11) is -3.63. The molecule has 29 heavy (non-hydrogen) atoms. The molecule has 1 aliphatic heterocycles. The second-order valence-corrected chi connectivity index (χ2v) is 8.30. The van der Waals surface area contributed by atoms with Gasteiger partial charge in [0.1, 0.15) is 0 Å². The van der Waals surface area contributed by atoms with E-state index in [1.54, 1.807) is 35.2 Å². The number of piperazine rings is 1. The Labute approximate surface area is 167 Å². The fourth-order valence-corrected chi connectivity index (χ4v) is 4.25. The van der Waals surface area contributed by atoms with Gasteiger partial charge in [-0.25, -0.2) is 8.42 Å². The molecule has 2 aromatic carbocycles. The first-order chi connectivity index (χ1) is 13.7. The van der Waals surface area contributed by atoms with Crippen LogP contribution < -0.4 is 4.90 Å². The summed E-state index contributed by atoms with van der Waals surface area (Å²) in [5.41, 5.74) is -0.355. The van der Waals surface area contributed by atoms with Crippen LogP contribution in [0.4, 0.5) is 18.9 Å². The van der Waals surface area contributed by atoms with E-state index in [4.69, 9.17) is 5.26 Å². The zero-order valence-corrected chi connectivity index (χ0v) is 16.1. The monoisotopic (exact) mass is 421 g/mol. The first-order valence-corrected chi connectivity index (χ1v) is 10.3. The normalized spacial score (nSPS) is 16.1. The SMILES string of the molecule is N#Cc1ccc(N2CCN(S(=O)(=O)/C=C/c3ccccc3)CC2)cc1C(F)(F)F. The van der Waals surface area contributed by atoms with Gasteiger partial charge in [0.2, 0.25) is 10.0 Å². The lowest BCUT2D eigenvalue weighted by molar-refractivity contribution is -0.137. The molecule has 2 aromatic rings. The number of sulfonamides is 1. The Morgan fingerprint density at radius 3 is 2.24 bits per heavy atom. The molecule has 0 radical (unpaired) electrons. The minimum Gasteiger partial charge on any atom is -0.369 e. The van der Waals surface area contributed by atoms with Gasteiger partial charge in [-0.3, -0.25) is 0 Å². The smallest absolute Gasteiger partial charge is 0.369 e. The molecule has 0 amide bonds. The van der Waals surface area contributed by atoms with Crippen molar-refractivity contribution >= 4 is 21.8 Å². The number of nitriles is 1. The maximum absolute atomic E-state index is 13.2. The summed E-state index contributed by atoms with van der Waals surface area (Å²) in [5, 5.41) is 10.0. The Balaban J connectivity index is 1.71. The van der Waals surface area contributed by atoms with Crippen molar-refractivity contribution in [3.8, 4) is 6.07 Å². The van der Waals surface area contributed by atoms with Gasteiger partial charge in [0.05, 0.1) is 17.2 Å². The topological polar surface area (TPSA) is 64.4 Å². The van der Waals surface area contributed by atoms with Gasteiger partial charge in [0.15, 0.2) is 0 Å². The van der Waals surface area contributed by atoms with Gasteiger partial charge >= 0.3 is 6.18 Å². The minimum absolute atomic E-state index is 0.156. The molecule has 1 heterocycles. The van der Waals surface area contributed by atoms with E-state index in [1.165, 1.54) is 16.4 Å². The van der Waals surface area contributed by atoms with E-state index in [0.717, 1.165) is 23.1 Å². The zero-order valence-electron chi connectivity index (χ0n) is 15.3. The standard InChI is InChI=1S/C20H18F3N3O2S/c21-20(22,23)19-14-18(7-6-17(19)15-24)25-9-11-26(12-10-25)29(27,28)13-8-16-4-2-1-3-5-16/h1-8,13-14H,9-12H2/b13-8+. The van der Waals surface area contributed by atoms with Crippen LogP contribution in [0.25, 0.3) is 6.08 Å². The molecule has 0 spiro atoms. The predicted octanol–water partition coefficient (Wildman–Crippen LogP) is 3.70. The Bertz CT molecular complexity index is 1040.